The van der Waals surface area contributed by atoms with Crippen LogP contribution in [0.5, 0.6) is 5.75 Å². The third-order valence-corrected chi connectivity index (χ3v) is 7.20. The van der Waals surface area contributed by atoms with Gasteiger partial charge in [-0.05, 0) is 55.3 Å². The number of amides is 1. The standard InChI is InChI=1S/C28H33N3O3/c32-25-9-4-8-22(17-25)26-20-30(14-15-34-26)12-5-13-31-18-23-10-11-24(19-31)28(23)29-27(33)16-21-6-2-1-3-7-21/h1-4,6-9,14-15,17,20,23-24,28,32H,5,10-13,16,18-19H2,(H,29,33). The van der Waals surface area contributed by atoms with E-state index >= 15 is 0 Å². The molecule has 1 saturated carbocycles. The van der Waals surface area contributed by atoms with Crippen LogP contribution in [0.2, 0.25) is 0 Å². The highest BCUT2D eigenvalue weighted by Gasteiger charge is 2.42. The van der Waals surface area contributed by atoms with Gasteiger partial charge in [0.15, 0.2) is 0 Å². The molecule has 34 heavy (non-hydrogen) atoms. The third-order valence-electron chi connectivity index (χ3n) is 7.20. The van der Waals surface area contributed by atoms with Gasteiger partial charge in [-0.25, -0.2) is 0 Å². The second kappa shape index (κ2) is 10.3. The summed E-state index contributed by atoms with van der Waals surface area (Å²) in [6, 6.07) is 17.4. The van der Waals surface area contributed by atoms with Crippen molar-refractivity contribution in [1.82, 2.24) is 15.1 Å². The molecule has 2 aromatic rings. The van der Waals surface area contributed by atoms with Crippen molar-refractivity contribution in [2.75, 3.05) is 26.2 Å². The largest absolute Gasteiger partial charge is 0.508 e. The quantitative estimate of drug-likeness (QED) is 0.626. The first kappa shape index (κ1) is 22.5. The molecule has 0 radical (unpaired) electrons. The van der Waals surface area contributed by atoms with E-state index in [-0.39, 0.29) is 11.7 Å². The number of phenols is 1. The van der Waals surface area contributed by atoms with Crippen molar-refractivity contribution in [3.8, 4) is 5.75 Å². The molecule has 2 bridgehead atoms. The van der Waals surface area contributed by atoms with E-state index < -0.39 is 0 Å². The molecule has 0 spiro atoms. The number of phenolic OH excluding ortho intramolecular Hbond substituents is 1. The number of benzene rings is 2. The summed E-state index contributed by atoms with van der Waals surface area (Å²) < 4.78 is 5.65. The van der Waals surface area contributed by atoms with Crippen LogP contribution in [0.25, 0.3) is 5.76 Å². The summed E-state index contributed by atoms with van der Waals surface area (Å²) >= 11 is 0. The van der Waals surface area contributed by atoms with Crippen molar-refractivity contribution < 1.29 is 14.6 Å². The minimum absolute atomic E-state index is 0.148. The van der Waals surface area contributed by atoms with Gasteiger partial charge in [-0.3, -0.25) is 4.79 Å². The fourth-order valence-electron chi connectivity index (χ4n) is 5.58. The first-order valence-corrected chi connectivity index (χ1v) is 12.3. The zero-order valence-corrected chi connectivity index (χ0v) is 19.5. The number of carbonyl (C=O) groups is 1. The molecule has 1 aliphatic carbocycles. The lowest BCUT2D eigenvalue weighted by Crippen LogP contribution is -2.53. The zero-order valence-electron chi connectivity index (χ0n) is 19.5. The Labute approximate surface area is 201 Å². The van der Waals surface area contributed by atoms with Gasteiger partial charge in [-0.15, -0.1) is 0 Å². The Balaban J connectivity index is 1.08. The van der Waals surface area contributed by atoms with Crippen LogP contribution >= 0.6 is 0 Å². The van der Waals surface area contributed by atoms with Crippen molar-refractivity contribution >= 4 is 11.7 Å². The van der Waals surface area contributed by atoms with E-state index in [1.54, 1.807) is 18.4 Å². The first-order valence-electron chi connectivity index (χ1n) is 12.3. The lowest BCUT2D eigenvalue weighted by Gasteiger charge is -2.38. The van der Waals surface area contributed by atoms with Gasteiger partial charge in [0.2, 0.25) is 5.91 Å². The molecule has 0 aromatic heterocycles. The van der Waals surface area contributed by atoms with Crippen LogP contribution in [-0.2, 0) is 16.0 Å². The SMILES string of the molecule is O=C(Cc1ccccc1)NC1C2CCC1CN(CCCN1C=COC(c3cccc(O)c3)=C1)C2. The summed E-state index contributed by atoms with van der Waals surface area (Å²) in [7, 11) is 0. The molecule has 2 N–H and O–H groups in total. The average Bonchev–Trinajstić information content (AvgIpc) is 3.07. The van der Waals surface area contributed by atoms with E-state index in [9.17, 15) is 9.90 Å². The Morgan fingerprint density at radius 1 is 1.03 bits per heavy atom. The maximum Gasteiger partial charge on any atom is 0.224 e. The molecule has 2 aliphatic heterocycles. The minimum Gasteiger partial charge on any atom is -0.508 e. The summed E-state index contributed by atoms with van der Waals surface area (Å²) in [6.07, 6.45) is 9.57. The predicted octanol–water partition coefficient (Wildman–Crippen LogP) is 3.95. The van der Waals surface area contributed by atoms with Crippen molar-refractivity contribution in [2.45, 2.75) is 31.7 Å². The summed E-state index contributed by atoms with van der Waals surface area (Å²) in [5, 5.41) is 13.1. The van der Waals surface area contributed by atoms with Gasteiger partial charge >= 0.3 is 0 Å². The summed E-state index contributed by atoms with van der Waals surface area (Å²) in [5.74, 6) is 2.23. The Bertz CT molecular complexity index is 1040. The second-order valence-corrected chi connectivity index (χ2v) is 9.65. The van der Waals surface area contributed by atoms with E-state index in [4.69, 9.17) is 4.74 Å². The smallest absolute Gasteiger partial charge is 0.224 e. The number of fused-ring (bicyclic) bond motifs is 2. The maximum atomic E-state index is 12.6. The van der Waals surface area contributed by atoms with E-state index in [1.807, 2.05) is 54.9 Å². The topological polar surface area (TPSA) is 65.0 Å². The molecule has 5 rings (SSSR count). The van der Waals surface area contributed by atoms with Crippen molar-refractivity contribution in [2.24, 2.45) is 11.8 Å². The molecule has 6 heteroatoms. The van der Waals surface area contributed by atoms with Crippen LogP contribution < -0.4 is 5.32 Å². The minimum atomic E-state index is 0.148. The molecule has 2 atom stereocenters. The van der Waals surface area contributed by atoms with Crippen LogP contribution in [-0.4, -0.2) is 53.0 Å². The molecular formula is C28H33N3O3. The number of rotatable bonds is 8. The molecule has 6 nitrogen and oxygen atoms in total. The molecule has 2 heterocycles. The Morgan fingerprint density at radius 3 is 2.59 bits per heavy atom. The average molecular weight is 460 g/mol. The van der Waals surface area contributed by atoms with Gasteiger partial charge in [-0.2, -0.15) is 0 Å². The van der Waals surface area contributed by atoms with E-state index in [0.717, 1.165) is 49.5 Å². The monoisotopic (exact) mass is 459 g/mol. The summed E-state index contributed by atoms with van der Waals surface area (Å²) in [4.78, 5) is 17.3. The van der Waals surface area contributed by atoms with Crippen molar-refractivity contribution in [1.29, 1.82) is 0 Å². The van der Waals surface area contributed by atoms with Crippen LogP contribution in [0, 0.1) is 11.8 Å². The molecule has 3 aliphatic rings. The lowest BCUT2D eigenvalue weighted by atomic mass is 9.91. The predicted molar refractivity (Wildman–Crippen MR) is 132 cm³/mol. The number of piperidine rings is 1. The Morgan fingerprint density at radius 2 is 1.82 bits per heavy atom. The third kappa shape index (κ3) is 5.45. The van der Waals surface area contributed by atoms with Crippen molar-refractivity contribution in [3.05, 3.63) is 84.4 Å². The number of nitrogens with zero attached hydrogens (tertiary/aromatic N) is 2. The number of carbonyl (C=O) groups excluding carboxylic acids is 1. The van der Waals surface area contributed by atoms with E-state index in [2.05, 4.69) is 15.1 Å². The van der Waals surface area contributed by atoms with Gasteiger partial charge in [-0.1, -0.05) is 42.5 Å². The van der Waals surface area contributed by atoms with E-state index in [1.165, 1.54) is 12.8 Å². The molecule has 2 fully saturated rings. The van der Waals surface area contributed by atoms with Crippen LogP contribution in [0.15, 0.2) is 73.3 Å². The van der Waals surface area contributed by atoms with Crippen LogP contribution in [0.1, 0.15) is 30.4 Å². The second-order valence-electron chi connectivity index (χ2n) is 9.65. The molecule has 1 saturated heterocycles. The molecule has 2 unspecified atom stereocenters. The highest BCUT2D eigenvalue weighted by atomic mass is 16.5. The molecular weight excluding hydrogens is 426 g/mol. The Kier molecular flexibility index (Phi) is 6.86. The van der Waals surface area contributed by atoms with Crippen LogP contribution in [0.3, 0.4) is 0 Å². The van der Waals surface area contributed by atoms with Gasteiger partial charge in [0.1, 0.15) is 17.8 Å². The van der Waals surface area contributed by atoms with Gasteiger partial charge < -0.3 is 25.0 Å². The van der Waals surface area contributed by atoms with Crippen molar-refractivity contribution in [3.63, 3.8) is 0 Å². The fraction of sp³-hybridized carbons (Fsp3) is 0.393. The highest BCUT2D eigenvalue weighted by molar-refractivity contribution is 5.79. The zero-order chi connectivity index (χ0) is 23.3. The first-order chi connectivity index (χ1) is 16.6. The van der Waals surface area contributed by atoms with E-state index in [0.29, 0.717) is 24.3 Å². The number of hydrogen-bond donors (Lipinski definition) is 2. The summed E-state index contributed by atoms with van der Waals surface area (Å²) in [6.45, 7) is 4.09. The number of ether oxygens (including phenoxy) is 1. The number of hydrogen-bond acceptors (Lipinski definition) is 5. The number of aromatic hydroxyl groups is 1. The lowest BCUT2D eigenvalue weighted by molar-refractivity contribution is -0.122. The molecule has 2 aromatic carbocycles. The maximum absolute atomic E-state index is 12.6. The Hall–Kier alpha value is -3.25. The number of likely N-dealkylation sites (tertiary alicyclic amines) is 1. The fourth-order valence-corrected chi connectivity index (χ4v) is 5.58. The van der Waals surface area contributed by atoms with Gasteiger partial charge in [0, 0.05) is 43.6 Å². The summed E-state index contributed by atoms with van der Waals surface area (Å²) in [5.41, 5.74) is 1.94. The number of nitrogens with one attached hydrogen (secondary N) is 1. The van der Waals surface area contributed by atoms with Gasteiger partial charge in [0.05, 0.1) is 6.42 Å². The van der Waals surface area contributed by atoms with Crippen LogP contribution in [0.4, 0.5) is 0 Å². The normalized spacial score (nSPS) is 23.9. The molecule has 1 amide bonds. The highest BCUT2D eigenvalue weighted by Crippen LogP contribution is 2.37. The molecule has 178 valence electrons. The van der Waals surface area contributed by atoms with Gasteiger partial charge in [0.25, 0.3) is 0 Å².